The Kier molecular flexibility index (Phi) is 2.12. The first kappa shape index (κ1) is 9.00. The van der Waals surface area contributed by atoms with Crippen LogP contribution in [0.4, 0.5) is 0 Å². The van der Waals surface area contributed by atoms with Gasteiger partial charge in [0.05, 0.1) is 0 Å². The standard InChI is InChI=1S/C12H12O2/c1-3-9-4-5-11-10(7-9)8(2)6-12(13)14-11/h4-7H,3H2,1-2H3. The minimum absolute atomic E-state index is 0.278. The van der Waals surface area contributed by atoms with Crippen LogP contribution in [0.3, 0.4) is 0 Å². The van der Waals surface area contributed by atoms with E-state index in [1.54, 1.807) is 0 Å². The predicted octanol–water partition coefficient (Wildman–Crippen LogP) is 2.66. The van der Waals surface area contributed by atoms with Gasteiger partial charge in [-0.05, 0) is 36.6 Å². The molecule has 0 aliphatic rings. The molecule has 14 heavy (non-hydrogen) atoms. The van der Waals surface area contributed by atoms with Gasteiger partial charge in [0.15, 0.2) is 0 Å². The van der Waals surface area contributed by atoms with Crippen LogP contribution in [-0.2, 0) is 6.42 Å². The van der Waals surface area contributed by atoms with E-state index in [0.717, 1.165) is 17.4 Å². The van der Waals surface area contributed by atoms with Crippen molar-refractivity contribution in [3.63, 3.8) is 0 Å². The van der Waals surface area contributed by atoms with Gasteiger partial charge in [-0.15, -0.1) is 0 Å². The van der Waals surface area contributed by atoms with Gasteiger partial charge < -0.3 is 4.42 Å². The van der Waals surface area contributed by atoms with Gasteiger partial charge in [-0.3, -0.25) is 0 Å². The number of hydrogen-bond acceptors (Lipinski definition) is 2. The van der Waals surface area contributed by atoms with E-state index in [1.165, 1.54) is 11.6 Å². The van der Waals surface area contributed by atoms with Crippen molar-refractivity contribution < 1.29 is 4.42 Å². The van der Waals surface area contributed by atoms with E-state index in [9.17, 15) is 4.79 Å². The molecule has 0 radical (unpaired) electrons. The highest BCUT2D eigenvalue weighted by Crippen LogP contribution is 2.18. The molecule has 0 atom stereocenters. The molecule has 2 nitrogen and oxygen atoms in total. The van der Waals surface area contributed by atoms with Gasteiger partial charge in [0.25, 0.3) is 0 Å². The monoisotopic (exact) mass is 188 g/mol. The highest BCUT2D eigenvalue weighted by molar-refractivity contribution is 5.80. The molecule has 0 N–H and O–H groups in total. The highest BCUT2D eigenvalue weighted by Gasteiger charge is 2.01. The number of fused-ring (bicyclic) bond motifs is 1. The summed E-state index contributed by atoms with van der Waals surface area (Å²) in [5.74, 6) is 0. The zero-order chi connectivity index (χ0) is 10.1. The first-order valence-corrected chi connectivity index (χ1v) is 4.74. The summed E-state index contributed by atoms with van der Waals surface area (Å²) in [6, 6.07) is 7.46. The Morgan fingerprint density at radius 1 is 1.29 bits per heavy atom. The molecule has 0 saturated carbocycles. The largest absolute Gasteiger partial charge is 0.423 e. The molecule has 0 bridgehead atoms. The minimum Gasteiger partial charge on any atom is -0.423 e. The van der Waals surface area contributed by atoms with Gasteiger partial charge in [0.2, 0.25) is 0 Å². The van der Waals surface area contributed by atoms with Crippen LogP contribution in [0.1, 0.15) is 18.1 Å². The van der Waals surface area contributed by atoms with Gasteiger partial charge in [0.1, 0.15) is 5.58 Å². The fraction of sp³-hybridized carbons (Fsp3) is 0.250. The van der Waals surface area contributed by atoms with E-state index in [-0.39, 0.29) is 5.63 Å². The summed E-state index contributed by atoms with van der Waals surface area (Å²) in [7, 11) is 0. The van der Waals surface area contributed by atoms with E-state index in [2.05, 4.69) is 13.0 Å². The molecule has 0 fully saturated rings. The molecule has 1 aromatic carbocycles. The first-order valence-electron chi connectivity index (χ1n) is 4.74. The van der Waals surface area contributed by atoms with Crippen LogP contribution in [0.2, 0.25) is 0 Å². The van der Waals surface area contributed by atoms with Gasteiger partial charge in [-0.25, -0.2) is 4.79 Å². The summed E-state index contributed by atoms with van der Waals surface area (Å²) in [5.41, 5.74) is 2.63. The second-order valence-electron chi connectivity index (χ2n) is 3.43. The van der Waals surface area contributed by atoms with E-state index < -0.39 is 0 Å². The average molecular weight is 188 g/mol. The van der Waals surface area contributed by atoms with Gasteiger partial charge >= 0.3 is 5.63 Å². The van der Waals surface area contributed by atoms with Crippen molar-refractivity contribution in [2.24, 2.45) is 0 Å². The maximum atomic E-state index is 11.1. The third kappa shape index (κ3) is 1.43. The Bertz CT molecular complexity index is 523. The Labute approximate surface area is 82.2 Å². The van der Waals surface area contributed by atoms with E-state index in [4.69, 9.17) is 4.42 Å². The summed E-state index contributed by atoms with van der Waals surface area (Å²) in [5, 5.41) is 1.03. The summed E-state index contributed by atoms with van der Waals surface area (Å²) in [4.78, 5) is 11.1. The summed E-state index contributed by atoms with van der Waals surface area (Å²) in [6.07, 6.45) is 0.995. The molecule has 2 rings (SSSR count). The fourth-order valence-electron chi connectivity index (χ4n) is 1.59. The third-order valence-corrected chi connectivity index (χ3v) is 2.42. The quantitative estimate of drug-likeness (QED) is 0.644. The molecule has 0 aliphatic carbocycles. The van der Waals surface area contributed by atoms with Crippen molar-refractivity contribution in [1.29, 1.82) is 0 Å². The number of rotatable bonds is 1. The maximum absolute atomic E-state index is 11.1. The summed E-state index contributed by atoms with van der Waals surface area (Å²) < 4.78 is 5.09. The normalized spacial score (nSPS) is 10.7. The smallest absolute Gasteiger partial charge is 0.336 e. The van der Waals surface area contributed by atoms with E-state index in [0.29, 0.717) is 5.58 Å². The molecular formula is C12H12O2. The zero-order valence-electron chi connectivity index (χ0n) is 8.33. The summed E-state index contributed by atoms with van der Waals surface area (Å²) in [6.45, 7) is 4.04. The maximum Gasteiger partial charge on any atom is 0.336 e. The predicted molar refractivity (Wildman–Crippen MR) is 56.6 cm³/mol. The average Bonchev–Trinajstić information content (AvgIpc) is 2.17. The lowest BCUT2D eigenvalue weighted by atomic mass is 10.1. The van der Waals surface area contributed by atoms with Gasteiger partial charge in [0, 0.05) is 11.5 Å². The SMILES string of the molecule is CCc1ccc2oc(=O)cc(C)c2c1. The van der Waals surface area contributed by atoms with Gasteiger partial charge in [-0.1, -0.05) is 13.0 Å². The number of hydrogen-bond donors (Lipinski definition) is 0. The lowest BCUT2D eigenvalue weighted by Gasteiger charge is -2.02. The fourth-order valence-corrected chi connectivity index (χ4v) is 1.59. The zero-order valence-corrected chi connectivity index (χ0v) is 8.33. The van der Waals surface area contributed by atoms with Crippen LogP contribution in [0.5, 0.6) is 0 Å². The van der Waals surface area contributed by atoms with Crippen LogP contribution >= 0.6 is 0 Å². The number of benzene rings is 1. The van der Waals surface area contributed by atoms with E-state index >= 15 is 0 Å². The Morgan fingerprint density at radius 3 is 2.79 bits per heavy atom. The molecule has 72 valence electrons. The van der Waals surface area contributed by atoms with Crippen LogP contribution in [-0.4, -0.2) is 0 Å². The van der Waals surface area contributed by atoms with Crippen molar-refractivity contribution in [2.75, 3.05) is 0 Å². The highest BCUT2D eigenvalue weighted by atomic mass is 16.4. The molecule has 1 heterocycles. The van der Waals surface area contributed by atoms with Gasteiger partial charge in [-0.2, -0.15) is 0 Å². The second kappa shape index (κ2) is 3.29. The molecule has 2 aromatic rings. The van der Waals surface area contributed by atoms with Crippen molar-refractivity contribution >= 4 is 11.0 Å². The molecule has 0 spiro atoms. The Hall–Kier alpha value is -1.57. The molecule has 0 aliphatic heterocycles. The van der Waals surface area contributed by atoms with Crippen LogP contribution in [0.15, 0.2) is 33.5 Å². The van der Waals surface area contributed by atoms with Crippen molar-refractivity contribution in [2.45, 2.75) is 20.3 Å². The lowest BCUT2D eigenvalue weighted by Crippen LogP contribution is -1.97. The number of aryl methyl sites for hydroxylation is 2. The lowest BCUT2D eigenvalue weighted by molar-refractivity contribution is 0.560. The van der Waals surface area contributed by atoms with Crippen LogP contribution in [0.25, 0.3) is 11.0 Å². The Morgan fingerprint density at radius 2 is 2.07 bits per heavy atom. The van der Waals surface area contributed by atoms with Crippen molar-refractivity contribution in [3.05, 3.63) is 45.8 Å². The Balaban J connectivity index is 2.82. The van der Waals surface area contributed by atoms with Crippen LogP contribution in [0, 0.1) is 6.92 Å². The molecule has 0 saturated heterocycles. The topological polar surface area (TPSA) is 30.2 Å². The molecule has 2 heteroatoms. The minimum atomic E-state index is -0.278. The molecule has 0 unspecified atom stereocenters. The summed E-state index contributed by atoms with van der Waals surface area (Å²) >= 11 is 0. The van der Waals surface area contributed by atoms with Crippen molar-refractivity contribution in [3.8, 4) is 0 Å². The third-order valence-electron chi connectivity index (χ3n) is 2.42. The van der Waals surface area contributed by atoms with E-state index in [1.807, 2.05) is 19.1 Å². The first-order chi connectivity index (χ1) is 6.70. The molecule has 0 amide bonds. The van der Waals surface area contributed by atoms with Crippen molar-refractivity contribution in [1.82, 2.24) is 0 Å². The second-order valence-corrected chi connectivity index (χ2v) is 3.43. The molecule has 1 aromatic heterocycles. The molecular weight excluding hydrogens is 176 g/mol. The van der Waals surface area contributed by atoms with Crippen LogP contribution < -0.4 is 5.63 Å².